The first-order valence-corrected chi connectivity index (χ1v) is 20.7. The molecular weight excluding hydrogens is 597 g/mol. The highest BCUT2D eigenvalue weighted by Crippen LogP contribution is 2.63. The van der Waals surface area contributed by atoms with Gasteiger partial charge in [-0.1, -0.05) is 110 Å². The Morgan fingerprint density at radius 3 is 2.33 bits per heavy atom. The van der Waals surface area contributed by atoms with Crippen LogP contribution in [0, 0.1) is 29.1 Å². The molecule has 1 aromatic rings. The number of aliphatic hydroxyl groups excluding tert-OH is 1. The number of phenolic OH excluding ortho intramolecular Hbond substituents is 1. The van der Waals surface area contributed by atoms with E-state index in [0.717, 1.165) is 82.0 Å². The molecule has 7 atom stereocenters. The molecule has 4 aliphatic rings. The van der Waals surface area contributed by atoms with Gasteiger partial charge in [0.05, 0.1) is 6.10 Å². The molecule has 0 radical (unpaired) electrons. The molecule has 1 amide bonds. The fraction of sp³-hybridized carbons (Fsp3) is 0.837. The Morgan fingerprint density at radius 2 is 1.58 bits per heavy atom. The second-order valence-electron chi connectivity index (χ2n) is 17.0. The van der Waals surface area contributed by atoms with E-state index in [9.17, 15) is 15.0 Å². The fourth-order valence-electron chi connectivity index (χ4n) is 10.8. The standard InChI is InChI=1S/C43H70FNO3/c1-3-4-5-6-7-8-9-10-17-22-40(48)45(31-32-19-14-13-15-20-32)27-18-12-11-16-21-33-28-34-29-35(46)23-24-36(34)42-38(44)30-43(2)37(41(33)42)25-26-39(43)47/h23-24,29,32-33,37-39,41-42,46-47H,3-22,25-28,30-31H2,1-2H3/t33?,37?,38?,39?,41?,42?,43-/m0/s1. The van der Waals surface area contributed by atoms with Crippen molar-refractivity contribution < 1.29 is 19.4 Å². The third kappa shape index (κ3) is 9.58. The normalized spacial score (nSPS) is 30.1. The Morgan fingerprint density at radius 1 is 0.896 bits per heavy atom. The molecule has 5 heteroatoms. The van der Waals surface area contributed by atoms with Gasteiger partial charge in [0, 0.05) is 25.4 Å². The molecule has 3 saturated carbocycles. The third-order valence-corrected chi connectivity index (χ3v) is 13.6. The first-order chi connectivity index (χ1) is 23.3. The van der Waals surface area contributed by atoms with Crippen molar-refractivity contribution >= 4 is 5.91 Å². The van der Waals surface area contributed by atoms with E-state index in [1.54, 1.807) is 6.07 Å². The van der Waals surface area contributed by atoms with E-state index in [2.05, 4.69) is 18.7 Å². The average molecular weight is 668 g/mol. The number of nitrogens with zero attached hydrogens (tertiary/aromatic N) is 1. The summed E-state index contributed by atoms with van der Waals surface area (Å²) in [5.41, 5.74) is 1.92. The third-order valence-electron chi connectivity index (χ3n) is 13.6. The number of rotatable bonds is 19. The van der Waals surface area contributed by atoms with Crippen molar-refractivity contribution in [1.82, 2.24) is 4.90 Å². The minimum atomic E-state index is -0.946. The lowest BCUT2D eigenvalue weighted by atomic mass is 9.51. The lowest BCUT2D eigenvalue weighted by Crippen LogP contribution is -2.51. The molecule has 0 bridgehead atoms. The number of hydrogen-bond acceptors (Lipinski definition) is 3. The van der Waals surface area contributed by atoms with Crippen LogP contribution in [0.5, 0.6) is 5.75 Å². The molecule has 3 fully saturated rings. The number of unbranched alkanes of at least 4 members (excludes halogenated alkanes) is 11. The van der Waals surface area contributed by atoms with Crippen molar-refractivity contribution in [2.24, 2.45) is 29.1 Å². The van der Waals surface area contributed by atoms with Crippen molar-refractivity contribution in [2.75, 3.05) is 13.1 Å². The number of phenols is 1. The first-order valence-electron chi connectivity index (χ1n) is 20.7. The monoisotopic (exact) mass is 668 g/mol. The second kappa shape index (κ2) is 18.6. The zero-order chi connectivity index (χ0) is 33.9. The van der Waals surface area contributed by atoms with Crippen LogP contribution in [0.2, 0.25) is 0 Å². The molecule has 4 nitrogen and oxygen atoms in total. The average Bonchev–Trinajstić information content (AvgIpc) is 3.37. The predicted octanol–water partition coefficient (Wildman–Crippen LogP) is 11.1. The molecular formula is C43H70FNO3. The second-order valence-corrected chi connectivity index (χ2v) is 17.0. The molecule has 0 heterocycles. The molecule has 272 valence electrons. The summed E-state index contributed by atoms with van der Waals surface area (Å²) < 4.78 is 16.1. The molecule has 0 aliphatic heterocycles. The SMILES string of the molecule is CCCCCCCCCCCC(=O)N(CCCCCCC1Cc2cc(O)ccc2C2C(F)C[C@]3(C)C(O)CCC3C12)CC1CCCCC1. The van der Waals surface area contributed by atoms with Gasteiger partial charge in [0.2, 0.25) is 5.91 Å². The number of hydrogen-bond donors (Lipinski definition) is 2. The molecule has 48 heavy (non-hydrogen) atoms. The number of carbonyl (C=O) groups excluding carboxylic acids is 1. The topological polar surface area (TPSA) is 60.8 Å². The van der Waals surface area contributed by atoms with E-state index in [0.29, 0.717) is 36.5 Å². The maximum absolute atomic E-state index is 16.1. The van der Waals surface area contributed by atoms with Crippen LogP contribution in [0.3, 0.4) is 0 Å². The molecule has 6 unspecified atom stereocenters. The van der Waals surface area contributed by atoms with Crippen LogP contribution in [-0.4, -0.2) is 46.4 Å². The van der Waals surface area contributed by atoms with Gasteiger partial charge in [-0.25, -0.2) is 4.39 Å². The fourth-order valence-corrected chi connectivity index (χ4v) is 10.8. The lowest BCUT2D eigenvalue weighted by Gasteiger charge is -2.54. The number of benzene rings is 1. The number of aliphatic hydroxyl groups is 1. The smallest absolute Gasteiger partial charge is 0.222 e. The van der Waals surface area contributed by atoms with E-state index in [4.69, 9.17) is 0 Å². The molecule has 5 rings (SSSR count). The number of halogens is 1. The number of alkyl halides is 1. The zero-order valence-corrected chi connectivity index (χ0v) is 30.8. The highest BCUT2D eigenvalue weighted by Gasteiger charge is 2.59. The summed E-state index contributed by atoms with van der Waals surface area (Å²) in [6.07, 6.45) is 26.2. The van der Waals surface area contributed by atoms with Gasteiger partial charge < -0.3 is 15.1 Å². The van der Waals surface area contributed by atoms with Crippen molar-refractivity contribution in [3.05, 3.63) is 29.3 Å². The van der Waals surface area contributed by atoms with Crippen LogP contribution in [-0.2, 0) is 11.2 Å². The van der Waals surface area contributed by atoms with Crippen LogP contribution < -0.4 is 0 Å². The lowest BCUT2D eigenvalue weighted by molar-refractivity contribution is -0.132. The Hall–Kier alpha value is -1.62. The Kier molecular flexibility index (Phi) is 14.6. The van der Waals surface area contributed by atoms with Crippen LogP contribution in [0.15, 0.2) is 18.2 Å². The van der Waals surface area contributed by atoms with Gasteiger partial charge in [0.1, 0.15) is 11.9 Å². The van der Waals surface area contributed by atoms with Gasteiger partial charge in [-0.05, 0) is 110 Å². The summed E-state index contributed by atoms with van der Waals surface area (Å²) in [4.78, 5) is 15.7. The minimum Gasteiger partial charge on any atom is -0.508 e. The van der Waals surface area contributed by atoms with E-state index in [1.165, 1.54) is 83.5 Å². The summed E-state index contributed by atoms with van der Waals surface area (Å²) in [6.45, 7) is 6.28. The molecule has 0 saturated heterocycles. The maximum atomic E-state index is 16.1. The highest BCUT2D eigenvalue weighted by atomic mass is 19.1. The molecule has 0 aromatic heterocycles. The van der Waals surface area contributed by atoms with Gasteiger partial charge in [0.15, 0.2) is 0 Å². The quantitative estimate of drug-likeness (QED) is 0.144. The molecule has 2 N–H and O–H groups in total. The van der Waals surface area contributed by atoms with Crippen LogP contribution in [0.1, 0.15) is 179 Å². The highest BCUT2D eigenvalue weighted by molar-refractivity contribution is 5.76. The van der Waals surface area contributed by atoms with Crippen molar-refractivity contribution in [3.63, 3.8) is 0 Å². The van der Waals surface area contributed by atoms with E-state index in [1.807, 2.05) is 12.1 Å². The summed E-state index contributed by atoms with van der Waals surface area (Å²) in [5.74, 6) is 2.24. The van der Waals surface area contributed by atoms with Gasteiger partial charge in [-0.3, -0.25) is 4.79 Å². The van der Waals surface area contributed by atoms with Crippen molar-refractivity contribution in [2.45, 2.75) is 186 Å². The molecule has 4 aliphatic carbocycles. The zero-order valence-electron chi connectivity index (χ0n) is 30.8. The van der Waals surface area contributed by atoms with Crippen LogP contribution in [0.4, 0.5) is 4.39 Å². The van der Waals surface area contributed by atoms with Gasteiger partial charge in [0.25, 0.3) is 0 Å². The van der Waals surface area contributed by atoms with Crippen LogP contribution in [0.25, 0.3) is 0 Å². The van der Waals surface area contributed by atoms with Crippen molar-refractivity contribution in [1.29, 1.82) is 0 Å². The van der Waals surface area contributed by atoms with Gasteiger partial charge in [-0.15, -0.1) is 0 Å². The van der Waals surface area contributed by atoms with Crippen molar-refractivity contribution in [3.8, 4) is 5.75 Å². The van der Waals surface area contributed by atoms with Gasteiger partial charge >= 0.3 is 0 Å². The predicted molar refractivity (Wildman–Crippen MR) is 196 cm³/mol. The number of fused-ring (bicyclic) bond motifs is 5. The van der Waals surface area contributed by atoms with E-state index < -0.39 is 12.3 Å². The summed E-state index contributed by atoms with van der Waals surface area (Å²) >= 11 is 0. The Labute approximate surface area is 293 Å². The first kappa shape index (κ1) is 37.6. The van der Waals surface area contributed by atoms with Gasteiger partial charge in [-0.2, -0.15) is 0 Å². The number of amides is 1. The minimum absolute atomic E-state index is 0.118. The van der Waals surface area contributed by atoms with E-state index >= 15 is 4.39 Å². The summed E-state index contributed by atoms with van der Waals surface area (Å²) in [7, 11) is 0. The largest absolute Gasteiger partial charge is 0.508 e. The Balaban J connectivity index is 1.09. The molecule has 0 spiro atoms. The van der Waals surface area contributed by atoms with E-state index in [-0.39, 0.29) is 23.0 Å². The van der Waals surface area contributed by atoms with Crippen LogP contribution >= 0.6 is 0 Å². The maximum Gasteiger partial charge on any atom is 0.222 e. The number of carbonyl (C=O) groups is 1. The summed E-state index contributed by atoms with van der Waals surface area (Å²) in [6, 6.07) is 5.60. The Bertz CT molecular complexity index is 1120. The number of aromatic hydroxyl groups is 1. The summed E-state index contributed by atoms with van der Waals surface area (Å²) in [5, 5.41) is 21.2. The molecule has 1 aromatic carbocycles.